The summed E-state index contributed by atoms with van der Waals surface area (Å²) in [6.45, 7) is 4.53. The summed E-state index contributed by atoms with van der Waals surface area (Å²) >= 11 is 0. The maximum absolute atomic E-state index is 14.1. The van der Waals surface area contributed by atoms with Crippen LogP contribution in [0.25, 0.3) is 0 Å². The van der Waals surface area contributed by atoms with Crippen molar-refractivity contribution in [1.29, 1.82) is 0 Å². The first-order valence-electron chi connectivity index (χ1n) is 16.6. The number of aliphatic hydroxyl groups excluding tert-OH is 1. The third-order valence-corrected chi connectivity index (χ3v) is 8.87. The molecule has 1 aliphatic rings. The van der Waals surface area contributed by atoms with Gasteiger partial charge >= 0.3 is 6.18 Å². The van der Waals surface area contributed by atoms with E-state index in [0.29, 0.717) is 50.4 Å². The highest BCUT2D eigenvalue weighted by molar-refractivity contribution is 5.98. The van der Waals surface area contributed by atoms with E-state index in [1.54, 1.807) is 11.0 Å². The van der Waals surface area contributed by atoms with E-state index in [9.17, 15) is 41.4 Å². The zero-order chi connectivity index (χ0) is 35.8. The number of benzene rings is 2. The third kappa shape index (κ3) is 9.98. The number of aromatic amines is 1. The Hall–Kier alpha value is -4.10. The predicted molar refractivity (Wildman–Crippen MR) is 175 cm³/mol. The van der Waals surface area contributed by atoms with Crippen LogP contribution < -0.4 is 16.2 Å². The molecule has 266 valence electrons. The molecule has 4 N–H and O–H groups in total. The van der Waals surface area contributed by atoms with Crippen LogP contribution in [0.1, 0.15) is 96.3 Å². The minimum atomic E-state index is -4.55. The van der Waals surface area contributed by atoms with Gasteiger partial charge in [0.15, 0.2) is 0 Å². The van der Waals surface area contributed by atoms with E-state index in [-0.39, 0.29) is 29.8 Å². The van der Waals surface area contributed by atoms with Crippen LogP contribution in [0, 0.1) is 11.6 Å². The van der Waals surface area contributed by atoms with Crippen LogP contribution in [0.15, 0.2) is 59.4 Å². The van der Waals surface area contributed by atoms with Crippen LogP contribution in [-0.4, -0.2) is 58.6 Å². The van der Waals surface area contributed by atoms with E-state index in [0.717, 1.165) is 49.6 Å². The SMILES string of the molecule is CCCN(CCC)C(=O)c1cc(C(=O)N[C@@H](Cc2cc(F)cc(F)c2)[C@H](O)CNC2(c3cccc(C(F)(F)F)c3)CCCCC2)[nH]c(=O)c1. The Labute approximate surface area is 282 Å². The Balaban J connectivity index is 1.62. The van der Waals surface area contributed by atoms with Crippen LogP contribution >= 0.6 is 0 Å². The first-order chi connectivity index (χ1) is 23.2. The molecule has 1 saturated carbocycles. The number of amides is 2. The number of rotatable bonds is 14. The molecular formula is C36H43F5N4O4. The topological polar surface area (TPSA) is 115 Å². The van der Waals surface area contributed by atoms with Gasteiger partial charge in [-0.25, -0.2) is 8.78 Å². The molecule has 0 spiro atoms. The van der Waals surface area contributed by atoms with E-state index in [2.05, 4.69) is 15.6 Å². The van der Waals surface area contributed by atoms with Gasteiger partial charge in [-0.05, 0) is 73.6 Å². The number of nitrogens with zero attached hydrogens (tertiary/aromatic N) is 1. The van der Waals surface area contributed by atoms with Gasteiger partial charge in [0.1, 0.15) is 17.3 Å². The largest absolute Gasteiger partial charge is 0.416 e. The zero-order valence-corrected chi connectivity index (χ0v) is 27.6. The van der Waals surface area contributed by atoms with Gasteiger partial charge in [0, 0.05) is 42.9 Å². The molecule has 2 atom stereocenters. The van der Waals surface area contributed by atoms with Crippen molar-refractivity contribution in [3.8, 4) is 0 Å². The molecule has 0 bridgehead atoms. The van der Waals surface area contributed by atoms with Crippen molar-refractivity contribution < 1.29 is 36.6 Å². The molecule has 0 unspecified atom stereocenters. The van der Waals surface area contributed by atoms with Crippen molar-refractivity contribution in [2.75, 3.05) is 19.6 Å². The summed E-state index contributed by atoms with van der Waals surface area (Å²) in [5, 5.41) is 17.4. The van der Waals surface area contributed by atoms with E-state index in [1.807, 2.05) is 13.8 Å². The number of aromatic nitrogens is 1. The minimum Gasteiger partial charge on any atom is -0.390 e. The molecule has 1 aromatic heterocycles. The van der Waals surface area contributed by atoms with Gasteiger partial charge in [0.05, 0.1) is 17.7 Å². The monoisotopic (exact) mass is 690 g/mol. The number of carbonyl (C=O) groups is 2. The van der Waals surface area contributed by atoms with E-state index < -0.39 is 58.4 Å². The highest BCUT2D eigenvalue weighted by atomic mass is 19.4. The van der Waals surface area contributed by atoms with Crippen molar-refractivity contribution in [2.24, 2.45) is 0 Å². The highest BCUT2D eigenvalue weighted by Gasteiger charge is 2.38. The number of hydrogen-bond donors (Lipinski definition) is 4. The summed E-state index contributed by atoms with van der Waals surface area (Å²) in [7, 11) is 0. The average molecular weight is 691 g/mol. The number of nitrogens with one attached hydrogen (secondary N) is 3. The number of hydrogen-bond acceptors (Lipinski definition) is 5. The van der Waals surface area contributed by atoms with Gasteiger partial charge in [0.25, 0.3) is 11.8 Å². The highest BCUT2D eigenvalue weighted by Crippen LogP contribution is 2.39. The van der Waals surface area contributed by atoms with Gasteiger partial charge in [-0.2, -0.15) is 13.2 Å². The molecule has 0 radical (unpaired) electrons. The van der Waals surface area contributed by atoms with Gasteiger partial charge < -0.3 is 25.6 Å². The van der Waals surface area contributed by atoms with Crippen molar-refractivity contribution in [3.63, 3.8) is 0 Å². The van der Waals surface area contributed by atoms with Crippen molar-refractivity contribution in [3.05, 3.63) is 105 Å². The smallest absolute Gasteiger partial charge is 0.390 e. The zero-order valence-electron chi connectivity index (χ0n) is 27.6. The lowest BCUT2D eigenvalue weighted by Gasteiger charge is -2.40. The Morgan fingerprint density at radius 1 is 0.959 bits per heavy atom. The van der Waals surface area contributed by atoms with Crippen molar-refractivity contribution in [2.45, 2.75) is 89.1 Å². The average Bonchev–Trinajstić information content (AvgIpc) is 3.06. The molecule has 2 amide bonds. The lowest BCUT2D eigenvalue weighted by Crippen LogP contribution is -2.53. The maximum Gasteiger partial charge on any atom is 0.416 e. The lowest BCUT2D eigenvalue weighted by molar-refractivity contribution is -0.137. The first-order valence-corrected chi connectivity index (χ1v) is 16.6. The lowest BCUT2D eigenvalue weighted by atomic mass is 9.76. The fourth-order valence-corrected chi connectivity index (χ4v) is 6.50. The van der Waals surface area contributed by atoms with Crippen LogP contribution in [0.3, 0.4) is 0 Å². The summed E-state index contributed by atoms with van der Waals surface area (Å²) in [5.41, 5.74) is -2.11. The molecule has 49 heavy (non-hydrogen) atoms. The first kappa shape index (κ1) is 37.7. The van der Waals surface area contributed by atoms with Crippen LogP contribution in [-0.2, 0) is 18.1 Å². The molecular weight excluding hydrogens is 647 g/mol. The van der Waals surface area contributed by atoms with Crippen LogP contribution in [0.5, 0.6) is 0 Å². The summed E-state index contributed by atoms with van der Waals surface area (Å²) < 4.78 is 69.1. The second-order valence-electron chi connectivity index (χ2n) is 12.7. The fourth-order valence-electron chi connectivity index (χ4n) is 6.50. The Morgan fingerprint density at radius 2 is 1.61 bits per heavy atom. The summed E-state index contributed by atoms with van der Waals surface area (Å²) in [5.74, 6) is -3.00. The predicted octanol–water partition coefficient (Wildman–Crippen LogP) is 6.09. The minimum absolute atomic E-state index is 0.00194. The number of halogens is 5. The summed E-state index contributed by atoms with van der Waals surface area (Å²) in [4.78, 5) is 43.3. The van der Waals surface area contributed by atoms with Gasteiger partial charge in [0.2, 0.25) is 5.56 Å². The van der Waals surface area contributed by atoms with Crippen molar-refractivity contribution >= 4 is 11.8 Å². The molecule has 13 heteroatoms. The van der Waals surface area contributed by atoms with Gasteiger partial charge in [-0.3, -0.25) is 14.4 Å². The molecule has 1 aliphatic carbocycles. The number of aliphatic hydroxyl groups is 1. The number of pyridine rings is 1. The number of H-pyrrole nitrogens is 1. The molecule has 0 aliphatic heterocycles. The second-order valence-corrected chi connectivity index (χ2v) is 12.7. The maximum atomic E-state index is 14.1. The van der Waals surface area contributed by atoms with E-state index in [4.69, 9.17) is 0 Å². The normalized spacial score (nSPS) is 15.8. The number of carbonyl (C=O) groups excluding carboxylic acids is 2. The molecule has 1 heterocycles. The molecule has 2 aromatic carbocycles. The standard InChI is InChI=1S/C36H43F5N4O4/c1-3-13-45(14-4-2)34(49)24-18-30(43-32(47)19-24)33(48)44-29(17-23-15-27(37)21-28(38)16-23)31(46)22-42-35(11-6-5-7-12-35)25-9-8-10-26(20-25)36(39,40)41/h8-10,15-16,18-21,29,31,42,46H,3-7,11-14,17,22H2,1-2H3,(H,43,47)(H,44,48)/t29-,31+/m0/s1. The molecule has 0 saturated heterocycles. The van der Waals surface area contributed by atoms with Gasteiger partial charge in [-0.1, -0.05) is 45.2 Å². The Morgan fingerprint density at radius 3 is 2.22 bits per heavy atom. The van der Waals surface area contributed by atoms with Crippen LogP contribution in [0.4, 0.5) is 22.0 Å². The molecule has 4 rings (SSSR count). The number of alkyl halides is 3. The van der Waals surface area contributed by atoms with E-state index in [1.165, 1.54) is 12.1 Å². The molecule has 8 nitrogen and oxygen atoms in total. The quantitative estimate of drug-likeness (QED) is 0.153. The second kappa shape index (κ2) is 16.5. The summed E-state index contributed by atoms with van der Waals surface area (Å²) in [6, 6.07) is 9.02. The third-order valence-electron chi connectivity index (χ3n) is 8.87. The van der Waals surface area contributed by atoms with E-state index >= 15 is 0 Å². The molecule has 3 aromatic rings. The fraction of sp³-hybridized carbons (Fsp3) is 0.472. The van der Waals surface area contributed by atoms with Gasteiger partial charge in [-0.15, -0.1) is 0 Å². The van der Waals surface area contributed by atoms with Crippen molar-refractivity contribution in [1.82, 2.24) is 20.5 Å². The molecule has 1 fully saturated rings. The Bertz CT molecular complexity index is 1630. The summed E-state index contributed by atoms with van der Waals surface area (Å²) in [6.07, 6.45) is -1.44. The Kier molecular flexibility index (Phi) is 12.7. The van der Waals surface area contributed by atoms with Crippen LogP contribution in [0.2, 0.25) is 0 Å².